The van der Waals surface area contributed by atoms with Crippen molar-refractivity contribution in [2.45, 2.75) is 19.4 Å². The zero-order valence-corrected chi connectivity index (χ0v) is 15.4. The average molecular weight is 358 g/mol. The minimum absolute atomic E-state index is 0.0104. The van der Waals surface area contributed by atoms with Crippen LogP contribution in [0.5, 0.6) is 0 Å². The number of esters is 1. The van der Waals surface area contributed by atoms with E-state index in [0.29, 0.717) is 5.69 Å². The number of hydrogen-bond acceptors (Lipinski definition) is 4. The van der Waals surface area contributed by atoms with E-state index in [1.807, 2.05) is 31.2 Å². The van der Waals surface area contributed by atoms with Crippen molar-refractivity contribution in [1.29, 1.82) is 0 Å². The lowest BCUT2D eigenvalue weighted by molar-refractivity contribution is -0.141. The van der Waals surface area contributed by atoms with E-state index in [1.165, 1.54) is 13.2 Å². The van der Waals surface area contributed by atoms with Gasteiger partial charge in [-0.25, -0.2) is 4.39 Å². The fraction of sp³-hybridized carbons (Fsp3) is 0.300. The number of aryl methyl sites for hydroxylation is 1. The predicted octanol–water partition coefficient (Wildman–Crippen LogP) is 3.23. The van der Waals surface area contributed by atoms with Crippen LogP contribution < -0.4 is 10.2 Å². The molecule has 1 N–H and O–H groups in total. The quantitative estimate of drug-likeness (QED) is 0.806. The molecule has 0 bridgehead atoms. The van der Waals surface area contributed by atoms with E-state index in [9.17, 15) is 14.0 Å². The third-order valence-electron chi connectivity index (χ3n) is 4.08. The summed E-state index contributed by atoms with van der Waals surface area (Å²) in [6.45, 7) is 1.95. The van der Waals surface area contributed by atoms with Crippen LogP contribution in [0.1, 0.15) is 33.9 Å². The van der Waals surface area contributed by atoms with E-state index >= 15 is 0 Å². The molecule has 1 atom stereocenters. The van der Waals surface area contributed by atoms with Gasteiger partial charge in [-0.1, -0.05) is 29.8 Å². The average Bonchev–Trinajstić information content (AvgIpc) is 2.61. The molecule has 0 fully saturated rings. The van der Waals surface area contributed by atoms with E-state index in [0.717, 1.165) is 11.1 Å². The summed E-state index contributed by atoms with van der Waals surface area (Å²) in [6, 6.07) is 11.2. The fourth-order valence-corrected chi connectivity index (χ4v) is 2.55. The van der Waals surface area contributed by atoms with Crippen LogP contribution in [0.25, 0.3) is 0 Å². The van der Waals surface area contributed by atoms with Gasteiger partial charge in [-0.15, -0.1) is 0 Å². The third kappa shape index (κ3) is 4.81. The monoisotopic (exact) mass is 358 g/mol. The molecule has 26 heavy (non-hydrogen) atoms. The molecular weight excluding hydrogens is 335 g/mol. The number of amides is 1. The molecule has 0 radical (unpaired) electrons. The van der Waals surface area contributed by atoms with Gasteiger partial charge in [0.2, 0.25) is 0 Å². The Bertz CT molecular complexity index is 788. The van der Waals surface area contributed by atoms with Crippen molar-refractivity contribution in [3.8, 4) is 0 Å². The van der Waals surface area contributed by atoms with Gasteiger partial charge in [-0.05, 0) is 30.7 Å². The van der Waals surface area contributed by atoms with Gasteiger partial charge < -0.3 is 15.0 Å². The number of nitrogens with zero attached hydrogens (tertiary/aromatic N) is 1. The van der Waals surface area contributed by atoms with Crippen LogP contribution in [-0.2, 0) is 9.53 Å². The van der Waals surface area contributed by atoms with Crippen LogP contribution in [0.2, 0.25) is 0 Å². The lowest BCUT2D eigenvalue weighted by Crippen LogP contribution is -2.30. The molecule has 0 aromatic heterocycles. The highest BCUT2D eigenvalue weighted by molar-refractivity contribution is 5.95. The molecule has 0 saturated heterocycles. The maximum Gasteiger partial charge on any atom is 0.307 e. The van der Waals surface area contributed by atoms with Crippen molar-refractivity contribution in [3.63, 3.8) is 0 Å². The van der Waals surface area contributed by atoms with E-state index in [4.69, 9.17) is 4.74 Å². The Kier molecular flexibility index (Phi) is 6.33. The summed E-state index contributed by atoms with van der Waals surface area (Å²) >= 11 is 0. The minimum atomic E-state index is -0.563. The van der Waals surface area contributed by atoms with E-state index in [1.54, 1.807) is 31.1 Å². The molecule has 2 aromatic carbocycles. The number of nitrogens with one attached hydrogen (secondary N) is 1. The zero-order valence-electron chi connectivity index (χ0n) is 15.4. The number of carbonyl (C=O) groups is 2. The molecule has 0 heterocycles. The van der Waals surface area contributed by atoms with Gasteiger partial charge in [0.25, 0.3) is 5.91 Å². The number of anilines is 1. The highest BCUT2D eigenvalue weighted by Crippen LogP contribution is 2.21. The highest BCUT2D eigenvalue weighted by Gasteiger charge is 2.20. The number of ether oxygens (including phenoxy) is 1. The Labute approximate surface area is 152 Å². The number of carbonyl (C=O) groups excluding carboxylic acids is 2. The summed E-state index contributed by atoms with van der Waals surface area (Å²) in [5, 5.41) is 2.79. The Morgan fingerprint density at radius 1 is 1.15 bits per heavy atom. The van der Waals surface area contributed by atoms with Gasteiger partial charge in [-0.2, -0.15) is 0 Å². The number of methoxy groups -OCH3 is 1. The molecule has 0 spiro atoms. The predicted molar refractivity (Wildman–Crippen MR) is 98.7 cm³/mol. The molecule has 0 saturated carbocycles. The van der Waals surface area contributed by atoms with Gasteiger partial charge in [0.05, 0.1) is 25.3 Å². The second-order valence-electron chi connectivity index (χ2n) is 6.28. The first kappa shape index (κ1) is 19.4. The lowest BCUT2D eigenvalue weighted by Gasteiger charge is -2.19. The maximum atomic E-state index is 14.1. The van der Waals surface area contributed by atoms with Crippen molar-refractivity contribution in [3.05, 3.63) is 65.0 Å². The van der Waals surface area contributed by atoms with Crippen LogP contribution in [0.4, 0.5) is 10.1 Å². The van der Waals surface area contributed by atoms with Crippen LogP contribution in [0.15, 0.2) is 42.5 Å². The zero-order chi connectivity index (χ0) is 19.3. The Morgan fingerprint density at radius 3 is 2.35 bits per heavy atom. The Morgan fingerprint density at radius 2 is 1.81 bits per heavy atom. The summed E-state index contributed by atoms with van der Waals surface area (Å²) in [5.74, 6) is -1.38. The second kappa shape index (κ2) is 8.47. The van der Waals surface area contributed by atoms with Gasteiger partial charge in [-0.3, -0.25) is 9.59 Å². The van der Waals surface area contributed by atoms with E-state index < -0.39 is 23.7 Å². The van der Waals surface area contributed by atoms with E-state index in [2.05, 4.69) is 5.32 Å². The van der Waals surface area contributed by atoms with Crippen molar-refractivity contribution in [2.24, 2.45) is 0 Å². The summed E-state index contributed by atoms with van der Waals surface area (Å²) in [6.07, 6.45) is -0.0104. The number of rotatable bonds is 6. The van der Waals surface area contributed by atoms with Gasteiger partial charge in [0.15, 0.2) is 0 Å². The number of benzene rings is 2. The molecule has 1 amide bonds. The fourth-order valence-electron chi connectivity index (χ4n) is 2.55. The summed E-state index contributed by atoms with van der Waals surface area (Å²) in [7, 11) is 4.75. The molecule has 0 aliphatic rings. The minimum Gasteiger partial charge on any atom is -0.469 e. The SMILES string of the molecule is COC(=O)CC(NC(=O)c1ccc(N(C)C)c(F)c1)c1ccc(C)cc1. The molecule has 6 heteroatoms. The Hall–Kier alpha value is -2.89. The summed E-state index contributed by atoms with van der Waals surface area (Å²) in [5.41, 5.74) is 2.43. The van der Waals surface area contributed by atoms with Gasteiger partial charge in [0.1, 0.15) is 5.82 Å². The van der Waals surface area contributed by atoms with Crippen LogP contribution in [-0.4, -0.2) is 33.1 Å². The van der Waals surface area contributed by atoms with Crippen molar-refractivity contribution >= 4 is 17.6 Å². The number of hydrogen-bond donors (Lipinski definition) is 1. The molecular formula is C20H23FN2O3. The molecule has 2 aromatic rings. The van der Waals surface area contributed by atoms with Crippen molar-refractivity contribution < 1.29 is 18.7 Å². The first-order valence-electron chi connectivity index (χ1n) is 8.23. The van der Waals surface area contributed by atoms with Crippen molar-refractivity contribution in [2.75, 3.05) is 26.1 Å². The van der Waals surface area contributed by atoms with Crippen LogP contribution >= 0.6 is 0 Å². The van der Waals surface area contributed by atoms with Crippen LogP contribution in [0.3, 0.4) is 0 Å². The topological polar surface area (TPSA) is 58.6 Å². The molecule has 5 nitrogen and oxygen atoms in total. The Balaban J connectivity index is 2.24. The van der Waals surface area contributed by atoms with Crippen molar-refractivity contribution in [1.82, 2.24) is 5.32 Å². The summed E-state index contributed by atoms with van der Waals surface area (Å²) < 4.78 is 18.9. The molecule has 1 unspecified atom stereocenters. The maximum absolute atomic E-state index is 14.1. The smallest absolute Gasteiger partial charge is 0.307 e. The van der Waals surface area contributed by atoms with E-state index in [-0.39, 0.29) is 12.0 Å². The first-order valence-corrected chi connectivity index (χ1v) is 8.23. The third-order valence-corrected chi connectivity index (χ3v) is 4.08. The standard InChI is InChI=1S/C20H23FN2O3/c1-13-5-7-14(8-6-13)17(12-19(24)26-4)22-20(25)15-9-10-18(23(2)3)16(21)11-15/h5-11,17H,12H2,1-4H3,(H,22,25). The number of halogens is 1. The van der Waals surface area contributed by atoms with Gasteiger partial charge in [0, 0.05) is 19.7 Å². The van der Waals surface area contributed by atoms with Gasteiger partial charge >= 0.3 is 5.97 Å². The molecule has 2 rings (SSSR count). The summed E-state index contributed by atoms with van der Waals surface area (Å²) in [4.78, 5) is 25.9. The second-order valence-corrected chi connectivity index (χ2v) is 6.28. The molecule has 138 valence electrons. The normalized spacial score (nSPS) is 11.6. The lowest BCUT2D eigenvalue weighted by atomic mass is 10.0. The molecule has 0 aliphatic heterocycles. The van der Waals surface area contributed by atoms with Crippen LogP contribution in [0, 0.1) is 12.7 Å². The highest BCUT2D eigenvalue weighted by atomic mass is 19.1. The first-order chi connectivity index (χ1) is 12.3. The largest absolute Gasteiger partial charge is 0.469 e. The molecule has 0 aliphatic carbocycles.